The van der Waals surface area contributed by atoms with E-state index in [9.17, 15) is 31.1 Å². The number of carbonyl (C=O) groups is 1. The molecule has 0 radical (unpaired) electrons. The van der Waals surface area contributed by atoms with Crippen molar-refractivity contribution in [1.29, 1.82) is 0 Å². The molecule has 0 unspecified atom stereocenters. The van der Waals surface area contributed by atoms with Crippen molar-refractivity contribution in [2.24, 2.45) is 0 Å². The number of nitrogens with one attached hydrogen (secondary N) is 1. The van der Waals surface area contributed by atoms with Gasteiger partial charge in [0.1, 0.15) is 12.3 Å². The Morgan fingerprint density at radius 3 is 2.23 bits per heavy atom. The maximum absolute atomic E-state index is 12.1. The normalized spacial score (nSPS) is 12.1. The third kappa shape index (κ3) is 6.95. The summed E-state index contributed by atoms with van der Waals surface area (Å²) < 4.78 is 76.2. The molecule has 2 rings (SSSR count). The summed E-state index contributed by atoms with van der Waals surface area (Å²) in [6.45, 7) is -1.37. The highest BCUT2D eigenvalue weighted by atomic mass is 32.1. The van der Waals surface area contributed by atoms with E-state index in [1.54, 1.807) is 17.4 Å². The monoisotopic (exact) mass is 397 g/mol. The number of alkyl halides is 6. The zero-order valence-electron chi connectivity index (χ0n) is 13.1. The highest BCUT2D eigenvalue weighted by Crippen LogP contribution is 2.31. The maximum atomic E-state index is 12.1. The van der Waals surface area contributed by atoms with Crippen LogP contribution in [0.25, 0.3) is 10.4 Å². The van der Waals surface area contributed by atoms with Gasteiger partial charge < -0.3 is 10.1 Å². The average molecular weight is 397 g/mol. The molecule has 1 heterocycles. The Kier molecular flexibility index (Phi) is 6.17. The van der Waals surface area contributed by atoms with Gasteiger partial charge in [-0.2, -0.15) is 13.2 Å². The van der Waals surface area contributed by atoms with Crippen LogP contribution in [0.5, 0.6) is 5.75 Å². The van der Waals surface area contributed by atoms with Crippen LogP contribution in [0.1, 0.15) is 11.3 Å². The number of aryl methyl sites for hydroxylation is 1. The average Bonchev–Trinajstić information content (AvgIpc) is 2.98. The fourth-order valence-corrected chi connectivity index (χ4v) is 3.02. The van der Waals surface area contributed by atoms with Gasteiger partial charge >= 0.3 is 12.5 Å². The molecule has 0 aliphatic carbocycles. The Balaban J connectivity index is 1.90. The van der Waals surface area contributed by atoms with Crippen LogP contribution in [0, 0.1) is 0 Å². The molecule has 1 aromatic carbocycles. The first kappa shape index (κ1) is 20.1. The Labute approximate surface area is 148 Å². The summed E-state index contributed by atoms with van der Waals surface area (Å²) in [7, 11) is 0. The number of amides is 1. The number of benzene rings is 1. The van der Waals surface area contributed by atoms with Crippen LogP contribution in [0.4, 0.5) is 26.3 Å². The third-order valence-corrected chi connectivity index (χ3v) is 4.31. The lowest BCUT2D eigenvalue weighted by Gasteiger charge is -2.08. The van der Waals surface area contributed by atoms with Gasteiger partial charge in [0, 0.05) is 16.2 Å². The zero-order chi connectivity index (χ0) is 19.4. The molecule has 2 aromatic rings. The van der Waals surface area contributed by atoms with E-state index < -0.39 is 25.0 Å². The van der Waals surface area contributed by atoms with Gasteiger partial charge in [0.25, 0.3) is 0 Å². The summed E-state index contributed by atoms with van der Waals surface area (Å²) in [5.74, 6) is -1.04. The molecule has 0 atom stereocenters. The summed E-state index contributed by atoms with van der Waals surface area (Å²) in [6.07, 6.45) is -9.03. The van der Waals surface area contributed by atoms with Crippen LogP contribution in [-0.4, -0.2) is 25.0 Å². The second-order valence-electron chi connectivity index (χ2n) is 5.23. The van der Waals surface area contributed by atoms with E-state index in [1.165, 1.54) is 35.6 Å². The molecule has 1 amide bonds. The smallest absolute Gasteiger partial charge is 0.406 e. The molecule has 0 aliphatic heterocycles. The van der Waals surface area contributed by atoms with E-state index in [1.807, 2.05) is 0 Å². The SMILES string of the molecule is O=C(CCc1ccc(-c2ccc(OC(F)(F)F)cc2)s1)NCC(F)(F)F. The van der Waals surface area contributed by atoms with Gasteiger partial charge in [-0.1, -0.05) is 0 Å². The number of hydrogen-bond acceptors (Lipinski definition) is 3. The van der Waals surface area contributed by atoms with Crippen LogP contribution in [0.15, 0.2) is 36.4 Å². The van der Waals surface area contributed by atoms with Crippen LogP contribution in [-0.2, 0) is 11.2 Å². The molecule has 1 aromatic heterocycles. The predicted molar refractivity (Wildman–Crippen MR) is 83.8 cm³/mol. The first-order chi connectivity index (χ1) is 12.0. The fraction of sp³-hybridized carbons (Fsp3) is 0.312. The molecule has 10 heteroatoms. The van der Waals surface area contributed by atoms with Crippen molar-refractivity contribution in [3.8, 4) is 16.2 Å². The van der Waals surface area contributed by atoms with Gasteiger partial charge in [0.2, 0.25) is 5.91 Å². The number of hydrogen-bond donors (Lipinski definition) is 1. The first-order valence-corrected chi connectivity index (χ1v) is 8.12. The highest BCUT2D eigenvalue weighted by Gasteiger charge is 2.31. The second kappa shape index (κ2) is 7.98. The molecule has 0 saturated heterocycles. The summed E-state index contributed by atoms with van der Waals surface area (Å²) in [4.78, 5) is 12.9. The Morgan fingerprint density at radius 2 is 1.65 bits per heavy atom. The minimum absolute atomic E-state index is 0.0889. The molecule has 0 fully saturated rings. The molecule has 0 aliphatic rings. The van der Waals surface area contributed by atoms with Crippen molar-refractivity contribution in [2.45, 2.75) is 25.4 Å². The lowest BCUT2D eigenvalue weighted by atomic mass is 10.2. The molecule has 142 valence electrons. The highest BCUT2D eigenvalue weighted by molar-refractivity contribution is 7.15. The third-order valence-electron chi connectivity index (χ3n) is 3.12. The molecule has 0 spiro atoms. The maximum Gasteiger partial charge on any atom is 0.573 e. The molecular formula is C16H13F6NO2S. The van der Waals surface area contributed by atoms with E-state index in [0.29, 0.717) is 5.56 Å². The lowest BCUT2D eigenvalue weighted by molar-refractivity contribution is -0.274. The van der Waals surface area contributed by atoms with Crippen molar-refractivity contribution in [2.75, 3.05) is 6.54 Å². The van der Waals surface area contributed by atoms with E-state index in [2.05, 4.69) is 4.74 Å². The molecule has 0 saturated carbocycles. The molecule has 1 N–H and O–H groups in total. The predicted octanol–water partition coefficient (Wildman–Crippen LogP) is 4.92. The summed E-state index contributed by atoms with van der Waals surface area (Å²) in [5.41, 5.74) is 0.664. The molecule has 26 heavy (non-hydrogen) atoms. The Bertz CT molecular complexity index is 736. The quantitative estimate of drug-likeness (QED) is 0.703. The molecular weight excluding hydrogens is 384 g/mol. The van der Waals surface area contributed by atoms with Gasteiger partial charge in [-0.3, -0.25) is 4.79 Å². The van der Waals surface area contributed by atoms with Crippen LogP contribution in [0.2, 0.25) is 0 Å². The summed E-state index contributed by atoms with van der Waals surface area (Å²) in [5, 5.41) is 1.79. The fourth-order valence-electron chi connectivity index (χ4n) is 2.01. The second-order valence-corrected chi connectivity index (χ2v) is 6.40. The van der Waals surface area contributed by atoms with Crippen LogP contribution >= 0.6 is 11.3 Å². The number of rotatable bonds is 6. The van der Waals surface area contributed by atoms with Crippen molar-refractivity contribution >= 4 is 17.2 Å². The van der Waals surface area contributed by atoms with Crippen molar-refractivity contribution < 1.29 is 35.9 Å². The Morgan fingerprint density at radius 1 is 1.00 bits per heavy atom. The van der Waals surface area contributed by atoms with Gasteiger partial charge in [0.05, 0.1) is 0 Å². The number of ether oxygens (including phenoxy) is 1. The Hall–Kier alpha value is -2.23. The van der Waals surface area contributed by atoms with Crippen molar-refractivity contribution in [3.63, 3.8) is 0 Å². The minimum atomic E-state index is -4.76. The first-order valence-electron chi connectivity index (χ1n) is 7.30. The summed E-state index contributed by atoms with van der Waals surface area (Å²) in [6, 6.07) is 8.75. The minimum Gasteiger partial charge on any atom is -0.406 e. The van der Waals surface area contributed by atoms with Crippen molar-refractivity contribution in [1.82, 2.24) is 5.32 Å². The van der Waals surface area contributed by atoms with E-state index in [4.69, 9.17) is 0 Å². The number of thiophene rings is 1. The van der Waals surface area contributed by atoms with E-state index >= 15 is 0 Å². The standard InChI is InChI=1S/C16H13F6NO2S/c17-15(18,19)9-23-14(24)8-6-12-5-7-13(26-12)10-1-3-11(4-2-10)25-16(20,21)22/h1-5,7H,6,8-9H2,(H,23,24). The summed E-state index contributed by atoms with van der Waals surface area (Å²) >= 11 is 1.31. The van der Waals surface area contributed by atoms with Gasteiger partial charge in [0.15, 0.2) is 0 Å². The molecule has 0 bridgehead atoms. The van der Waals surface area contributed by atoms with Gasteiger partial charge in [-0.25, -0.2) is 0 Å². The van der Waals surface area contributed by atoms with Gasteiger partial charge in [-0.05, 0) is 48.4 Å². The van der Waals surface area contributed by atoms with Gasteiger partial charge in [-0.15, -0.1) is 24.5 Å². The largest absolute Gasteiger partial charge is 0.573 e. The van der Waals surface area contributed by atoms with Crippen LogP contribution in [0.3, 0.4) is 0 Å². The van der Waals surface area contributed by atoms with Crippen molar-refractivity contribution in [3.05, 3.63) is 41.3 Å². The van der Waals surface area contributed by atoms with E-state index in [0.717, 1.165) is 9.75 Å². The topological polar surface area (TPSA) is 38.3 Å². The number of halogens is 6. The van der Waals surface area contributed by atoms with Crippen LogP contribution < -0.4 is 10.1 Å². The lowest BCUT2D eigenvalue weighted by Crippen LogP contribution is -2.33. The zero-order valence-corrected chi connectivity index (χ0v) is 13.9. The molecule has 3 nitrogen and oxygen atoms in total. The van der Waals surface area contributed by atoms with E-state index in [-0.39, 0.29) is 18.6 Å². The number of carbonyl (C=O) groups excluding carboxylic acids is 1.